The van der Waals surface area contributed by atoms with E-state index in [1.807, 2.05) is 24.0 Å². The van der Waals surface area contributed by atoms with Crippen molar-refractivity contribution < 1.29 is 4.42 Å². The van der Waals surface area contributed by atoms with Crippen LogP contribution in [0, 0.1) is 6.92 Å². The highest BCUT2D eigenvalue weighted by Gasteiger charge is 2.22. The molecule has 0 spiro atoms. The largest absolute Gasteiger partial charge is 0.466 e. The zero-order chi connectivity index (χ0) is 13.1. The Balaban J connectivity index is 2.37. The summed E-state index contributed by atoms with van der Waals surface area (Å²) in [6, 6.07) is 1.96. The minimum atomic E-state index is 0.0445. The van der Waals surface area contributed by atoms with Crippen LogP contribution in [0.5, 0.6) is 0 Å². The lowest BCUT2D eigenvalue weighted by Gasteiger charge is -2.16. The molecule has 2 aromatic rings. The van der Waals surface area contributed by atoms with E-state index in [0.29, 0.717) is 0 Å². The van der Waals surface area contributed by atoms with Crippen LogP contribution in [0.25, 0.3) is 0 Å². The maximum atomic E-state index is 5.60. The van der Waals surface area contributed by atoms with Crippen molar-refractivity contribution in [2.75, 3.05) is 6.54 Å². The highest BCUT2D eigenvalue weighted by atomic mass is 79.9. The van der Waals surface area contributed by atoms with Gasteiger partial charge in [0.25, 0.3) is 0 Å². The fraction of sp³-hybridized carbons (Fsp3) is 0.462. The first kappa shape index (κ1) is 13.4. The summed E-state index contributed by atoms with van der Waals surface area (Å²) in [5.41, 5.74) is 2.30. The van der Waals surface area contributed by atoms with Gasteiger partial charge in [-0.25, -0.2) is 0 Å². The second kappa shape index (κ2) is 5.71. The summed E-state index contributed by atoms with van der Waals surface area (Å²) in [7, 11) is 1.95. The zero-order valence-electron chi connectivity index (χ0n) is 10.9. The number of halogens is 1. The number of aryl methyl sites for hydroxylation is 1. The molecule has 18 heavy (non-hydrogen) atoms. The number of nitrogens with zero attached hydrogens (tertiary/aromatic N) is 2. The van der Waals surface area contributed by atoms with E-state index >= 15 is 0 Å². The molecule has 0 amide bonds. The highest BCUT2D eigenvalue weighted by molar-refractivity contribution is 9.10. The Kier molecular flexibility index (Phi) is 4.24. The van der Waals surface area contributed by atoms with Gasteiger partial charge >= 0.3 is 0 Å². The van der Waals surface area contributed by atoms with E-state index in [1.165, 1.54) is 0 Å². The lowest BCUT2D eigenvalue weighted by atomic mass is 10.1. The molecule has 2 rings (SSSR count). The minimum absolute atomic E-state index is 0.0445. The first-order chi connectivity index (χ1) is 8.65. The van der Waals surface area contributed by atoms with Crippen molar-refractivity contribution in [3.63, 3.8) is 0 Å². The fourth-order valence-electron chi connectivity index (χ4n) is 1.94. The van der Waals surface area contributed by atoms with Crippen LogP contribution in [-0.2, 0) is 7.05 Å². The van der Waals surface area contributed by atoms with Crippen LogP contribution < -0.4 is 5.32 Å². The third kappa shape index (κ3) is 2.52. The number of nitrogens with one attached hydrogen (secondary N) is 1. The number of aromatic nitrogens is 2. The van der Waals surface area contributed by atoms with Gasteiger partial charge in [0.1, 0.15) is 5.76 Å². The summed E-state index contributed by atoms with van der Waals surface area (Å²) in [6.07, 6.45) is 4.68. The average Bonchev–Trinajstić information content (AvgIpc) is 2.91. The molecule has 0 fully saturated rings. The summed E-state index contributed by atoms with van der Waals surface area (Å²) < 4.78 is 8.46. The molecule has 2 heterocycles. The second-order valence-corrected chi connectivity index (χ2v) is 5.18. The number of hydrogen-bond donors (Lipinski definition) is 1. The number of rotatable bonds is 5. The maximum absolute atomic E-state index is 5.60. The van der Waals surface area contributed by atoms with E-state index in [9.17, 15) is 0 Å². The topological polar surface area (TPSA) is 43.0 Å². The van der Waals surface area contributed by atoms with Gasteiger partial charge in [0, 0.05) is 18.3 Å². The van der Waals surface area contributed by atoms with Gasteiger partial charge in [-0.05, 0) is 41.9 Å². The molecule has 1 N–H and O–H groups in total. The standard InChI is InChI=1S/C13H18BrN3O/c1-4-6-15-12(13-11(14)5-7-18-13)10-8-16-17(3)9(10)2/h5,7-8,12,15H,4,6H2,1-3H3. The molecule has 0 saturated carbocycles. The smallest absolute Gasteiger partial charge is 0.139 e. The summed E-state index contributed by atoms with van der Waals surface area (Å²) in [6.45, 7) is 5.16. The second-order valence-electron chi connectivity index (χ2n) is 4.33. The Morgan fingerprint density at radius 3 is 2.83 bits per heavy atom. The van der Waals surface area contributed by atoms with Crippen molar-refractivity contribution in [1.82, 2.24) is 15.1 Å². The first-order valence-electron chi connectivity index (χ1n) is 6.10. The molecular formula is C13H18BrN3O. The Morgan fingerprint density at radius 2 is 2.33 bits per heavy atom. The van der Waals surface area contributed by atoms with Gasteiger partial charge in [0.2, 0.25) is 0 Å². The third-order valence-electron chi connectivity index (χ3n) is 3.09. The quantitative estimate of drug-likeness (QED) is 0.922. The van der Waals surface area contributed by atoms with Crippen LogP contribution in [0.1, 0.15) is 36.4 Å². The number of furan rings is 1. The first-order valence-corrected chi connectivity index (χ1v) is 6.89. The van der Waals surface area contributed by atoms with Gasteiger partial charge in [-0.3, -0.25) is 4.68 Å². The van der Waals surface area contributed by atoms with Crippen molar-refractivity contribution in [3.8, 4) is 0 Å². The van der Waals surface area contributed by atoms with Gasteiger partial charge in [-0.15, -0.1) is 0 Å². The molecule has 5 heteroatoms. The van der Waals surface area contributed by atoms with Crippen molar-refractivity contribution in [3.05, 3.63) is 40.0 Å². The van der Waals surface area contributed by atoms with Crippen LogP contribution in [0.3, 0.4) is 0 Å². The van der Waals surface area contributed by atoms with Gasteiger partial charge in [0.05, 0.1) is 23.0 Å². The number of hydrogen-bond acceptors (Lipinski definition) is 3. The Labute approximate surface area is 115 Å². The Hall–Kier alpha value is -1.07. The summed E-state index contributed by atoms with van der Waals surface area (Å²) in [4.78, 5) is 0. The van der Waals surface area contributed by atoms with Crippen molar-refractivity contribution >= 4 is 15.9 Å². The molecule has 0 saturated heterocycles. The van der Waals surface area contributed by atoms with Gasteiger partial charge in [0.15, 0.2) is 0 Å². The minimum Gasteiger partial charge on any atom is -0.466 e. The molecule has 98 valence electrons. The average molecular weight is 312 g/mol. The lowest BCUT2D eigenvalue weighted by molar-refractivity contribution is 0.443. The van der Waals surface area contributed by atoms with Crippen LogP contribution in [0.2, 0.25) is 0 Å². The SMILES string of the molecule is CCCNC(c1cnn(C)c1C)c1occc1Br. The van der Waals surface area contributed by atoms with Crippen molar-refractivity contribution in [1.29, 1.82) is 0 Å². The molecule has 0 aliphatic rings. The molecule has 2 aromatic heterocycles. The van der Waals surface area contributed by atoms with E-state index in [0.717, 1.165) is 34.5 Å². The Morgan fingerprint density at radius 1 is 1.56 bits per heavy atom. The molecule has 0 aromatic carbocycles. The van der Waals surface area contributed by atoms with Crippen LogP contribution in [-0.4, -0.2) is 16.3 Å². The zero-order valence-corrected chi connectivity index (χ0v) is 12.5. The van der Waals surface area contributed by atoms with E-state index in [-0.39, 0.29) is 6.04 Å². The lowest BCUT2D eigenvalue weighted by Crippen LogP contribution is -2.23. The highest BCUT2D eigenvalue weighted by Crippen LogP contribution is 2.30. The van der Waals surface area contributed by atoms with E-state index < -0.39 is 0 Å². The monoisotopic (exact) mass is 311 g/mol. The summed E-state index contributed by atoms with van der Waals surface area (Å²) in [5, 5.41) is 7.81. The normalized spacial score (nSPS) is 12.9. The van der Waals surface area contributed by atoms with Crippen LogP contribution >= 0.6 is 15.9 Å². The van der Waals surface area contributed by atoms with Gasteiger partial charge in [-0.2, -0.15) is 5.10 Å². The van der Waals surface area contributed by atoms with Crippen LogP contribution in [0.15, 0.2) is 27.4 Å². The van der Waals surface area contributed by atoms with E-state index in [1.54, 1.807) is 6.26 Å². The Bertz CT molecular complexity index is 518. The van der Waals surface area contributed by atoms with Crippen molar-refractivity contribution in [2.45, 2.75) is 26.3 Å². The maximum Gasteiger partial charge on any atom is 0.139 e. The predicted molar refractivity (Wildman–Crippen MR) is 74.5 cm³/mol. The molecule has 0 radical (unpaired) electrons. The molecular weight excluding hydrogens is 294 g/mol. The fourth-order valence-corrected chi connectivity index (χ4v) is 2.37. The van der Waals surface area contributed by atoms with Gasteiger partial charge in [-0.1, -0.05) is 6.92 Å². The molecule has 1 atom stereocenters. The third-order valence-corrected chi connectivity index (χ3v) is 3.74. The van der Waals surface area contributed by atoms with Gasteiger partial charge < -0.3 is 9.73 Å². The molecule has 0 bridgehead atoms. The van der Waals surface area contributed by atoms with E-state index in [2.05, 4.69) is 40.2 Å². The molecule has 4 nitrogen and oxygen atoms in total. The summed E-state index contributed by atoms with van der Waals surface area (Å²) >= 11 is 3.53. The van der Waals surface area contributed by atoms with Crippen LogP contribution in [0.4, 0.5) is 0 Å². The molecule has 0 aliphatic heterocycles. The van der Waals surface area contributed by atoms with E-state index in [4.69, 9.17) is 4.42 Å². The summed E-state index contributed by atoms with van der Waals surface area (Å²) in [5.74, 6) is 0.902. The molecule has 0 aliphatic carbocycles. The van der Waals surface area contributed by atoms with Crippen molar-refractivity contribution in [2.24, 2.45) is 7.05 Å². The predicted octanol–water partition coefficient (Wildman–Crippen LogP) is 3.17. The molecule has 1 unspecified atom stereocenters.